The minimum Gasteiger partial charge on any atom is -0.508 e. The minimum atomic E-state index is -0.417. The summed E-state index contributed by atoms with van der Waals surface area (Å²) in [5.41, 5.74) is 0.722. The summed E-state index contributed by atoms with van der Waals surface area (Å²) in [6, 6.07) is 6.39. The first kappa shape index (κ1) is 13.2. The van der Waals surface area contributed by atoms with Gasteiger partial charge in [-0.1, -0.05) is 12.1 Å². The quantitative estimate of drug-likeness (QED) is 0.729. The van der Waals surface area contributed by atoms with Gasteiger partial charge in [0.25, 0.3) is 5.56 Å². The molecule has 0 bridgehead atoms. The maximum absolute atomic E-state index is 12.5. The van der Waals surface area contributed by atoms with Crippen molar-refractivity contribution in [2.24, 2.45) is 14.1 Å². The van der Waals surface area contributed by atoms with Crippen LogP contribution < -0.4 is 11.2 Å². The molecule has 0 spiro atoms. The Morgan fingerprint density at radius 1 is 1.14 bits per heavy atom. The Balaban J connectivity index is 2.23. The van der Waals surface area contributed by atoms with Crippen molar-refractivity contribution in [2.45, 2.75) is 6.54 Å². The van der Waals surface area contributed by atoms with E-state index in [0.29, 0.717) is 11.2 Å². The third-order valence-corrected chi connectivity index (χ3v) is 3.48. The summed E-state index contributed by atoms with van der Waals surface area (Å²) >= 11 is 0. The van der Waals surface area contributed by atoms with Gasteiger partial charge in [-0.3, -0.25) is 13.9 Å². The van der Waals surface area contributed by atoms with Gasteiger partial charge in [-0.2, -0.15) is 0 Å². The van der Waals surface area contributed by atoms with Gasteiger partial charge in [-0.05, 0) is 17.7 Å². The van der Waals surface area contributed by atoms with E-state index in [1.165, 1.54) is 23.0 Å². The van der Waals surface area contributed by atoms with Crippen molar-refractivity contribution in [1.82, 2.24) is 18.7 Å². The first-order chi connectivity index (χ1) is 9.99. The van der Waals surface area contributed by atoms with Gasteiger partial charge in [0.1, 0.15) is 5.75 Å². The van der Waals surface area contributed by atoms with Gasteiger partial charge >= 0.3 is 5.69 Å². The number of aromatic hydroxyl groups is 1. The van der Waals surface area contributed by atoms with Crippen molar-refractivity contribution in [3.8, 4) is 5.75 Å². The maximum atomic E-state index is 12.5. The van der Waals surface area contributed by atoms with E-state index in [0.717, 1.165) is 10.1 Å². The Hall–Kier alpha value is -2.83. The molecule has 0 amide bonds. The van der Waals surface area contributed by atoms with Gasteiger partial charge < -0.3 is 9.67 Å². The molecule has 0 atom stereocenters. The Morgan fingerprint density at radius 2 is 1.81 bits per heavy atom. The normalized spacial score (nSPS) is 11.1. The number of hydrogen-bond acceptors (Lipinski definition) is 4. The highest BCUT2D eigenvalue weighted by Crippen LogP contribution is 2.10. The van der Waals surface area contributed by atoms with Crippen molar-refractivity contribution >= 4 is 11.2 Å². The van der Waals surface area contributed by atoms with Gasteiger partial charge in [-0.15, -0.1) is 0 Å². The van der Waals surface area contributed by atoms with Gasteiger partial charge in [0, 0.05) is 14.1 Å². The monoisotopic (exact) mass is 286 g/mol. The van der Waals surface area contributed by atoms with Crippen molar-refractivity contribution in [3.05, 3.63) is 57.0 Å². The van der Waals surface area contributed by atoms with E-state index < -0.39 is 5.69 Å². The number of fused-ring (bicyclic) bond motifs is 1. The highest BCUT2D eigenvalue weighted by Gasteiger charge is 2.14. The molecule has 0 radical (unpaired) electrons. The van der Waals surface area contributed by atoms with Gasteiger partial charge in [0.15, 0.2) is 11.2 Å². The average molecular weight is 286 g/mol. The van der Waals surface area contributed by atoms with E-state index >= 15 is 0 Å². The number of phenolic OH excluding ortho intramolecular Hbond substituents is 1. The first-order valence-corrected chi connectivity index (χ1v) is 6.38. The summed E-state index contributed by atoms with van der Waals surface area (Å²) < 4.78 is 4.12. The average Bonchev–Trinajstić information content (AvgIpc) is 2.85. The molecule has 1 aromatic carbocycles. The van der Waals surface area contributed by atoms with Crippen LogP contribution in [0.1, 0.15) is 5.56 Å². The molecule has 0 aliphatic rings. The molecule has 0 aliphatic heterocycles. The van der Waals surface area contributed by atoms with E-state index in [9.17, 15) is 14.7 Å². The lowest BCUT2D eigenvalue weighted by atomic mass is 10.2. The molecular weight excluding hydrogens is 272 g/mol. The molecule has 0 fully saturated rings. The van der Waals surface area contributed by atoms with Crippen LogP contribution in [-0.4, -0.2) is 23.8 Å². The molecule has 1 N–H and O–H groups in total. The van der Waals surface area contributed by atoms with Crippen LogP contribution in [0.5, 0.6) is 5.75 Å². The summed E-state index contributed by atoms with van der Waals surface area (Å²) in [5.74, 6) is 0.140. The van der Waals surface area contributed by atoms with Crippen LogP contribution in [0, 0.1) is 0 Å². The Labute approximate surface area is 119 Å². The second-order valence-corrected chi connectivity index (χ2v) is 4.93. The zero-order chi connectivity index (χ0) is 15.1. The highest BCUT2D eigenvalue weighted by atomic mass is 16.3. The Kier molecular flexibility index (Phi) is 2.90. The SMILES string of the molecule is Cn1cnc2c1c(=O)n(Cc1ccc(O)cc1)c(=O)n2C. The third-order valence-electron chi connectivity index (χ3n) is 3.48. The molecule has 0 unspecified atom stereocenters. The summed E-state index contributed by atoms with van der Waals surface area (Å²) in [6.45, 7) is 0.146. The third kappa shape index (κ3) is 2.03. The molecule has 2 aromatic heterocycles. The van der Waals surface area contributed by atoms with E-state index in [1.54, 1.807) is 30.8 Å². The lowest BCUT2D eigenvalue weighted by Gasteiger charge is -2.08. The molecule has 7 nitrogen and oxygen atoms in total. The molecule has 0 aliphatic carbocycles. The summed E-state index contributed by atoms with van der Waals surface area (Å²) in [4.78, 5) is 28.9. The van der Waals surface area contributed by atoms with Crippen LogP contribution in [0.25, 0.3) is 11.2 Å². The molecule has 3 aromatic rings. The maximum Gasteiger partial charge on any atom is 0.332 e. The fraction of sp³-hybridized carbons (Fsp3) is 0.214. The number of aromatic nitrogens is 4. The van der Waals surface area contributed by atoms with Crippen molar-refractivity contribution in [2.75, 3.05) is 0 Å². The van der Waals surface area contributed by atoms with Gasteiger partial charge in [0.05, 0.1) is 12.9 Å². The number of benzene rings is 1. The van der Waals surface area contributed by atoms with E-state index in [4.69, 9.17) is 0 Å². The van der Waals surface area contributed by atoms with Gasteiger partial charge in [0.2, 0.25) is 0 Å². The van der Waals surface area contributed by atoms with Crippen LogP contribution in [0.3, 0.4) is 0 Å². The van der Waals surface area contributed by atoms with Crippen molar-refractivity contribution in [3.63, 3.8) is 0 Å². The number of hydrogen-bond donors (Lipinski definition) is 1. The van der Waals surface area contributed by atoms with Crippen LogP contribution in [0.4, 0.5) is 0 Å². The molecule has 2 heterocycles. The topological polar surface area (TPSA) is 82.1 Å². The number of imidazole rings is 1. The van der Waals surface area contributed by atoms with Crippen molar-refractivity contribution in [1.29, 1.82) is 0 Å². The minimum absolute atomic E-state index is 0.140. The van der Waals surface area contributed by atoms with E-state index in [1.807, 2.05) is 0 Å². The second-order valence-electron chi connectivity index (χ2n) is 4.93. The first-order valence-electron chi connectivity index (χ1n) is 6.38. The lowest BCUT2D eigenvalue weighted by molar-refractivity contribution is 0.475. The standard InChI is InChI=1S/C14H14N4O3/c1-16-8-15-12-11(16)13(20)18(14(21)17(12)2)7-9-3-5-10(19)6-4-9/h3-6,8,19H,7H2,1-2H3. The second kappa shape index (κ2) is 4.62. The fourth-order valence-electron chi connectivity index (χ4n) is 2.32. The van der Waals surface area contributed by atoms with E-state index in [-0.39, 0.29) is 17.9 Å². The van der Waals surface area contributed by atoms with Crippen LogP contribution in [0.2, 0.25) is 0 Å². The smallest absolute Gasteiger partial charge is 0.332 e. The predicted molar refractivity (Wildman–Crippen MR) is 77.4 cm³/mol. The lowest BCUT2D eigenvalue weighted by Crippen LogP contribution is -2.39. The molecule has 0 saturated heterocycles. The predicted octanol–water partition coefficient (Wildman–Crippen LogP) is 0.188. The Bertz CT molecular complexity index is 932. The fourth-order valence-corrected chi connectivity index (χ4v) is 2.32. The summed E-state index contributed by atoms with van der Waals surface area (Å²) in [5, 5.41) is 9.28. The zero-order valence-corrected chi connectivity index (χ0v) is 11.6. The molecular formula is C14H14N4O3. The Morgan fingerprint density at radius 3 is 2.48 bits per heavy atom. The highest BCUT2D eigenvalue weighted by molar-refractivity contribution is 5.69. The van der Waals surface area contributed by atoms with Crippen LogP contribution in [-0.2, 0) is 20.6 Å². The number of phenols is 1. The number of aryl methyl sites for hydroxylation is 2. The van der Waals surface area contributed by atoms with Crippen LogP contribution >= 0.6 is 0 Å². The van der Waals surface area contributed by atoms with Crippen molar-refractivity contribution < 1.29 is 5.11 Å². The summed E-state index contributed by atoms with van der Waals surface area (Å²) in [7, 11) is 3.30. The zero-order valence-electron chi connectivity index (χ0n) is 11.6. The molecule has 7 heteroatoms. The molecule has 108 valence electrons. The van der Waals surface area contributed by atoms with Gasteiger partial charge in [-0.25, -0.2) is 9.78 Å². The number of nitrogens with zero attached hydrogens (tertiary/aromatic N) is 4. The molecule has 3 rings (SSSR count). The summed E-state index contributed by atoms with van der Waals surface area (Å²) in [6.07, 6.45) is 1.51. The number of rotatable bonds is 2. The largest absolute Gasteiger partial charge is 0.508 e. The van der Waals surface area contributed by atoms with E-state index in [2.05, 4.69) is 4.98 Å². The van der Waals surface area contributed by atoms with Crippen LogP contribution in [0.15, 0.2) is 40.2 Å². The molecule has 0 saturated carbocycles. The molecule has 21 heavy (non-hydrogen) atoms.